The van der Waals surface area contributed by atoms with E-state index in [1.165, 1.54) is 0 Å². The Morgan fingerprint density at radius 2 is 2.04 bits per heavy atom. The van der Waals surface area contributed by atoms with E-state index in [2.05, 4.69) is 40.5 Å². The highest BCUT2D eigenvalue weighted by atomic mass is 16.2. The number of hydrogen-bond acceptors (Lipinski definition) is 4. The molecule has 0 aliphatic carbocycles. The number of hydrogen-bond donors (Lipinski definition) is 1. The van der Waals surface area contributed by atoms with Crippen LogP contribution in [-0.4, -0.2) is 69.4 Å². The molecular formula is C19H31N5O2. The normalized spacial score (nSPS) is 22.7. The molecule has 2 amide bonds. The maximum absolute atomic E-state index is 12.8. The van der Waals surface area contributed by atoms with Crippen molar-refractivity contribution in [2.75, 3.05) is 26.2 Å². The first kappa shape index (κ1) is 18.9. The highest BCUT2D eigenvalue weighted by Crippen LogP contribution is 2.27. The van der Waals surface area contributed by atoms with E-state index in [4.69, 9.17) is 0 Å². The SMILES string of the molecule is CCn1ccnc1C1CCN(C(=O)C[C@@H]2C(=O)NCCN2C(C)C)CC1. The van der Waals surface area contributed by atoms with Crippen LogP contribution in [0.3, 0.4) is 0 Å². The first-order valence-corrected chi connectivity index (χ1v) is 9.83. The number of piperazine rings is 1. The van der Waals surface area contributed by atoms with Gasteiger partial charge in [-0.2, -0.15) is 0 Å². The van der Waals surface area contributed by atoms with Gasteiger partial charge in [0.1, 0.15) is 5.82 Å². The molecule has 0 bridgehead atoms. The lowest BCUT2D eigenvalue weighted by Gasteiger charge is -2.39. The monoisotopic (exact) mass is 361 g/mol. The standard InChI is InChI=1S/C19H31N5O2/c1-4-22-11-7-20-18(22)15-5-9-23(10-6-15)17(25)13-16-19(26)21-8-12-24(16)14(2)3/h7,11,14-16H,4-6,8-10,12-13H2,1-3H3,(H,21,26)/t16-/m1/s1. The van der Waals surface area contributed by atoms with Crippen LogP contribution in [0.4, 0.5) is 0 Å². The number of nitrogens with zero attached hydrogens (tertiary/aromatic N) is 4. The molecule has 3 heterocycles. The van der Waals surface area contributed by atoms with Crippen LogP contribution in [0.2, 0.25) is 0 Å². The van der Waals surface area contributed by atoms with Gasteiger partial charge in [-0.1, -0.05) is 0 Å². The number of nitrogens with one attached hydrogen (secondary N) is 1. The topological polar surface area (TPSA) is 70.5 Å². The number of amides is 2. The van der Waals surface area contributed by atoms with Crippen molar-refractivity contribution in [3.8, 4) is 0 Å². The Kier molecular flexibility index (Phi) is 5.96. The summed E-state index contributed by atoms with van der Waals surface area (Å²) in [7, 11) is 0. The fourth-order valence-electron chi connectivity index (χ4n) is 4.19. The zero-order valence-electron chi connectivity index (χ0n) is 16.1. The zero-order chi connectivity index (χ0) is 18.7. The van der Waals surface area contributed by atoms with Crippen LogP contribution in [0.1, 0.15) is 51.8 Å². The maximum Gasteiger partial charge on any atom is 0.237 e. The minimum absolute atomic E-state index is 0.0156. The van der Waals surface area contributed by atoms with E-state index >= 15 is 0 Å². The van der Waals surface area contributed by atoms with Crippen LogP contribution in [0.25, 0.3) is 0 Å². The van der Waals surface area contributed by atoms with E-state index in [1.54, 1.807) is 0 Å². The van der Waals surface area contributed by atoms with E-state index < -0.39 is 0 Å². The Bertz CT molecular complexity index is 634. The van der Waals surface area contributed by atoms with Crippen LogP contribution in [0.15, 0.2) is 12.4 Å². The van der Waals surface area contributed by atoms with Gasteiger partial charge < -0.3 is 14.8 Å². The van der Waals surface area contributed by atoms with E-state index in [-0.39, 0.29) is 30.3 Å². The molecule has 26 heavy (non-hydrogen) atoms. The Hall–Kier alpha value is -1.89. The van der Waals surface area contributed by atoms with Crippen molar-refractivity contribution in [1.82, 2.24) is 24.7 Å². The van der Waals surface area contributed by atoms with E-state index in [0.29, 0.717) is 12.5 Å². The fourth-order valence-corrected chi connectivity index (χ4v) is 4.19. The summed E-state index contributed by atoms with van der Waals surface area (Å²) in [5.41, 5.74) is 0. The number of rotatable bonds is 5. The van der Waals surface area contributed by atoms with Crippen molar-refractivity contribution in [3.05, 3.63) is 18.2 Å². The van der Waals surface area contributed by atoms with Gasteiger partial charge in [-0.3, -0.25) is 14.5 Å². The lowest BCUT2D eigenvalue weighted by Crippen LogP contribution is -2.58. The number of piperidine rings is 1. The summed E-state index contributed by atoms with van der Waals surface area (Å²) in [5.74, 6) is 1.63. The van der Waals surface area contributed by atoms with Crippen molar-refractivity contribution in [2.45, 2.75) is 64.6 Å². The molecule has 3 rings (SSSR count). The Morgan fingerprint density at radius 3 is 2.69 bits per heavy atom. The first-order chi connectivity index (χ1) is 12.5. The van der Waals surface area contributed by atoms with E-state index in [1.807, 2.05) is 17.3 Å². The molecule has 1 N–H and O–H groups in total. The quantitative estimate of drug-likeness (QED) is 0.856. The number of aromatic nitrogens is 2. The number of carbonyl (C=O) groups excluding carboxylic acids is 2. The second-order valence-corrected chi connectivity index (χ2v) is 7.57. The van der Waals surface area contributed by atoms with Gasteiger partial charge in [0.05, 0.1) is 12.5 Å². The fraction of sp³-hybridized carbons (Fsp3) is 0.737. The van der Waals surface area contributed by atoms with E-state index in [9.17, 15) is 9.59 Å². The summed E-state index contributed by atoms with van der Waals surface area (Å²) >= 11 is 0. The van der Waals surface area contributed by atoms with Gasteiger partial charge >= 0.3 is 0 Å². The lowest BCUT2D eigenvalue weighted by atomic mass is 9.95. The summed E-state index contributed by atoms with van der Waals surface area (Å²) in [6.07, 6.45) is 6.03. The van der Waals surface area contributed by atoms with E-state index in [0.717, 1.165) is 44.8 Å². The average Bonchev–Trinajstić information content (AvgIpc) is 3.12. The van der Waals surface area contributed by atoms with Crippen molar-refractivity contribution >= 4 is 11.8 Å². The van der Waals surface area contributed by atoms with Crippen LogP contribution < -0.4 is 5.32 Å². The molecular weight excluding hydrogens is 330 g/mol. The van der Waals surface area contributed by atoms with Gasteiger partial charge in [0.25, 0.3) is 0 Å². The number of aryl methyl sites for hydroxylation is 1. The predicted octanol–water partition coefficient (Wildman–Crippen LogP) is 1.21. The third kappa shape index (κ3) is 3.92. The first-order valence-electron chi connectivity index (χ1n) is 9.83. The van der Waals surface area contributed by atoms with Crippen molar-refractivity contribution in [1.29, 1.82) is 0 Å². The summed E-state index contributed by atoms with van der Waals surface area (Å²) in [6.45, 7) is 10.2. The van der Waals surface area contributed by atoms with Gasteiger partial charge in [-0.05, 0) is 33.6 Å². The third-order valence-electron chi connectivity index (χ3n) is 5.70. The maximum atomic E-state index is 12.8. The highest BCUT2D eigenvalue weighted by Gasteiger charge is 2.35. The van der Waals surface area contributed by atoms with Crippen molar-refractivity contribution < 1.29 is 9.59 Å². The smallest absolute Gasteiger partial charge is 0.237 e. The molecule has 1 aromatic rings. The third-order valence-corrected chi connectivity index (χ3v) is 5.70. The molecule has 7 nitrogen and oxygen atoms in total. The minimum Gasteiger partial charge on any atom is -0.353 e. The molecule has 2 aliphatic heterocycles. The second kappa shape index (κ2) is 8.20. The Balaban J connectivity index is 1.57. The molecule has 0 radical (unpaired) electrons. The van der Waals surface area contributed by atoms with Gasteiger partial charge in [0.15, 0.2) is 0 Å². The second-order valence-electron chi connectivity index (χ2n) is 7.57. The average molecular weight is 361 g/mol. The van der Waals surface area contributed by atoms with Crippen LogP contribution in [0.5, 0.6) is 0 Å². The highest BCUT2D eigenvalue weighted by molar-refractivity contribution is 5.89. The summed E-state index contributed by atoms with van der Waals surface area (Å²) in [6, 6.07) is -0.0783. The predicted molar refractivity (Wildman–Crippen MR) is 99.7 cm³/mol. The summed E-state index contributed by atoms with van der Waals surface area (Å²) < 4.78 is 2.19. The minimum atomic E-state index is -0.340. The molecule has 0 spiro atoms. The number of imidazole rings is 1. The Morgan fingerprint density at radius 1 is 1.31 bits per heavy atom. The molecule has 0 aromatic carbocycles. The van der Waals surface area contributed by atoms with Crippen molar-refractivity contribution in [2.24, 2.45) is 0 Å². The number of carbonyl (C=O) groups is 2. The molecule has 7 heteroatoms. The van der Waals surface area contributed by atoms with Crippen LogP contribution in [-0.2, 0) is 16.1 Å². The summed E-state index contributed by atoms with van der Waals surface area (Å²) in [4.78, 5) is 33.6. The summed E-state index contributed by atoms with van der Waals surface area (Å²) in [5, 5.41) is 2.90. The van der Waals surface area contributed by atoms with Gasteiger partial charge in [-0.15, -0.1) is 0 Å². The van der Waals surface area contributed by atoms with Crippen LogP contribution in [0, 0.1) is 0 Å². The van der Waals surface area contributed by atoms with Gasteiger partial charge in [0, 0.05) is 57.1 Å². The zero-order valence-corrected chi connectivity index (χ0v) is 16.1. The molecule has 1 aromatic heterocycles. The molecule has 0 saturated carbocycles. The Labute approximate surface area is 155 Å². The molecule has 144 valence electrons. The molecule has 0 unspecified atom stereocenters. The molecule has 2 fully saturated rings. The lowest BCUT2D eigenvalue weighted by molar-refractivity contribution is -0.140. The van der Waals surface area contributed by atoms with Crippen LogP contribution >= 0.6 is 0 Å². The molecule has 2 aliphatic rings. The molecule has 1 atom stereocenters. The van der Waals surface area contributed by atoms with Crippen molar-refractivity contribution in [3.63, 3.8) is 0 Å². The van der Waals surface area contributed by atoms with Gasteiger partial charge in [0.2, 0.25) is 11.8 Å². The van der Waals surface area contributed by atoms with Gasteiger partial charge in [-0.25, -0.2) is 4.98 Å². The number of likely N-dealkylation sites (tertiary alicyclic amines) is 1. The molecule has 2 saturated heterocycles. The largest absolute Gasteiger partial charge is 0.353 e.